The lowest BCUT2D eigenvalue weighted by Gasteiger charge is -2.37. The summed E-state index contributed by atoms with van der Waals surface area (Å²) in [5, 5.41) is 0. The van der Waals surface area contributed by atoms with Crippen LogP contribution >= 0.6 is 0 Å². The van der Waals surface area contributed by atoms with Gasteiger partial charge in [0.25, 0.3) is 0 Å². The minimum atomic E-state index is -0.831. The maximum atomic E-state index is 12.8. The van der Waals surface area contributed by atoms with Gasteiger partial charge in [-0.05, 0) is 42.2 Å². The largest absolute Gasteiger partial charge is 0.493 e. The standard InChI is InChI=1S/C21H23NO5/c1-4-27-21(24)20(23)22-11-10-15-12-17(25-2)18(26-3)13-16(15)19(22)14-8-6-5-7-9-14/h5-9,12-13,19H,4,10-11H2,1-3H3. The Morgan fingerprint density at radius 2 is 1.74 bits per heavy atom. The van der Waals surface area contributed by atoms with Crippen LogP contribution in [0.5, 0.6) is 11.5 Å². The zero-order valence-corrected chi connectivity index (χ0v) is 15.7. The van der Waals surface area contributed by atoms with E-state index >= 15 is 0 Å². The lowest BCUT2D eigenvalue weighted by molar-refractivity contribution is -0.161. The Kier molecular flexibility index (Phi) is 5.64. The topological polar surface area (TPSA) is 65.1 Å². The molecule has 1 amide bonds. The van der Waals surface area contributed by atoms with E-state index in [0.29, 0.717) is 24.5 Å². The molecule has 2 aromatic rings. The summed E-state index contributed by atoms with van der Waals surface area (Å²) in [6, 6.07) is 13.1. The molecule has 2 aromatic carbocycles. The van der Waals surface area contributed by atoms with Crippen molar-refractivity contribution in [2.75, 3.05) is 27.4 Å². The van der Waals surface area contributed by atoms with Crippen LogP contribution < -0.4 is 9.47 Å². The molecule has 0 aliphatic carbocycles. The Balaban J connectivity index is 2.11. The van der Waals surface area contributed by atoms with E-state index < -0.39 is 17.9 Å². The minimum Gasteiger partial charge on any atom is -0.493 e. The Bertz CT molecular complexity index is 834. The van der Waals surface area contributed by atoms with Gasteiger partial charge in [-0.2, -0.15) is 0 Å². The summed E-state index contributed by atoms with van der Waals surface area (Å²) in [5.41, 5.74) is 2.90. The highest BCUT2D eigenvalue weighted by atomic mass is 16.5. The van der Waals surface area contributed by atoms with Crippen LogP contribution in [-0.2, 0) is 20.7 Å². The quantitative estimate of drug-likeness (QED) is 0.612. The summed E-state index contributed by atoms with van der Waals surface area (Å²) in [6.07, 6.45) is 0.615. The second-order valence-electron chi connectivity index (χ2n) is 6.19. The molecule has 6 nitrogen and oxygen atoms in total. The van der Waals surface area contributed by atoms with Crippen LogP contribution in [0, 0.1) is 0 Å². The summed E-state index contributed by atoms with van der Waals surface area (Å²) < 4.78 is 15.8. The zero-order chi connectivity index (χ0) is 19.4. The fourth-order valence-corrected chi connectivity index (χ4v) is 3.47. The van der Waals surface area contributed by atoms with Crippen molar-refractivity contribution in [2.24, 2.45) is 0 Å². The summed E-state index contributed by atoms with van der Waals surface area (Å²) in [6.45, 7) is 2.26. The van der Waals surface area contributed by atoms with Crippen molar-refractivity contribution in [3.05, 3.63) is 59.2 Å². The number of carbonyl (C=O) groups is 2. The number of esters is 1. The van der Waals surface area contributed by atoms with Crippen LogP contribution in [0.15, 0.2) is 42.5 Å². The van der Waals surface area contributed by atoms with Crippen molar-refractivity contribution in [3.8, 4) is 11.5 Å². The van der Waals surface area contributed by atoms with Gasteiger partial charge in [-0.3, -0.25) is 4.79 Å². The second kappa shape index (κ2) is 8.12. The number of benzene rings is 2. The van der Waals surface area contributed by atoms with Crippen LogP contribution in [-0.4, -0.2) is 44.1 Å². The molecule has 1 heterocycles. The van der Waals surface area contributed by atoms with Crippen molar-refractivity contribution in [2.45, 2.75) is 19.4 Å². The number of amides is 1. The predicted octanol–water partition coefficient (Wildman–Crippen LogP) is 2.74. The van der Waals surface area contributed by atoms with Crippen LogP contribution in [0.3, 0.4) is 0 Å². The number of methoxy groups -OCH3 is 2. The van der Waals surface area contributed by atoms with Gasteiger partial charge in [0.05, 0.1) is 26.9 Å². The van der Waals surface area contributed by atoms with Gasteiger partial charge in [0, 0.05) is 6.54 Å². The average Bonchev–Trinajstić information content (AvgIpc) is 2.72. The molecular formula is C21H23NO5. The first kappa shape index (κ1) is 18.8. The van der Waals surface area contributed by atoms with Crippen molar-refractivity contribution in [1.82, 2.24) is 4.90 Å². The molecular weight excluding hydrogens is 346 g/mol. The minimum absolute atomic E-state index is 0.163. The molecule has 0 bridgehead atoms. The SMILES string of the molecule is CCOC(=O)C(=O)N1CCc2cc(OC)c(OC)cc2C1c1ccccc1. The van der Waals surface area contributed by atoms with Gasteiger partial charge in [0.15, 0.2) is 11.5 Å². The van der Waals surface area contributed by atoms with E-state index in [1.807, 2.05) is 42.5 Å². The van der Waals surface area contributed by atoms with E-state index in [0.717, 1.165) is 16.7 Å². The lowest BCUT2D eigenvalue weighted by atomic mass is 9.87. The molecule has 0 radical (unpaired) electrons. The number of fused-ring (bicyclic) bond motifs is 1. The lowest BCUT2D eigenvalue weighted by Crippen LogP contribution is -2.44. The number of nitrogens with zero attached hydrogens (tertiary/aromatic N) is 1. The summed E-state index contributed by atoms with van der Waals surface area (Å²) in [4.78, 5) is 26.4. The fourth-order valence-electron chi connectivity index (χ4n) is 3.47. The number of carbonyl (C=O) groups excluding carboxylic acids is 2. The number of ether oxygens (including phenoxy) is 3. The molecule has 27 heavy (non-hydrogen) atoms. The first-order valence-electron chi connectivity index (χ1n) is 8.88. The number of rotatable bonds is 4. The molecule has 1 aliphatic rings. The normalized spacial score (nSPS) is 15.7. The molecule has 0 fully saturated rings. The number of hydrogen-bond donors (Lipinski definition) is 0. The average molecular weight is 369 g/mol. The van der Waals surface area contributed by atoms with Gasteiger partial charge < -0.3 is 19.1 Å². The first-order valence-corrected chi connectivity index (χ1v) is 8.88. The molecule has 1 atom stereocenters. The monoisotopic (exact) mass is 369 g/mol. The maximum Gasteiger partial charge on any atom is 0.397 e. The highest BCUT2D eigenvalue weighted by Gasteiger charge is 2.36. The third-order valence-electron chi connectivity index (χ3n) is 4.70. The molecule has 142 valence electrons. The van der Waals surface area contributed by atoms with Crippen LogP contribution in [0.2, 0.25) is 0 Å². The Morgan fingerprint density at radius 3 is 2.37 bits per heavy atom. The van der Waals surface area contributed by atoms with Gasteiger partial charge in [-0.15, -0.1) is 0 Å². The van der Waals surface area contributed by atoms with E-state index in [-0.39, 0.29) is 6.61 Å². The van der Waals surface area contributed by atoms with Crippen molar-refractivity contribution in [1.29, 1.82) is 0 Å². The Morgan fingerprint density at radius 1 is 1.07 bits per heavy atom. The van der Waals surface area contributed by atoms with E-state index in [1.54, 1.807) is 26.0 Å². The van der Waals surface area contributed by atoms with Gasteiger partial charge in [0.2, 0.25) is 0 Å². The molecule has 0 saturated heterocycles. The van der Waals surface area contributed by atoms with Crippen molar-refractivity contribution >= 4 is 11.9 Å². The maximum absolute atomic E-state index is 12.8. The van der Waals surface area contributed by atoms with Crippen molar-refractivity contribution in [3.63, 3.8) is 0 Å². The first-order chi connectivity index (χ1) is 13.1. The summed E-state index contributed by atoms with van der Waals surface area (Å²) >= 11 is 0. The molecule has 1 unspecified atom stereocenters. The van der Waals surface area contributed by atoms with Gasteiger partial charge in [0.1, 0.15) is 0 Å². The van der Waals surface area contributed by atoms with Crippen LogP contribution in [0.1, 0.15) is 29.7 Å². The molecule has 0 spiro atoms. The van der Waals surface area contributed by atoms with Crippen LogP contribution in [0.4, 0.5) is 0 Å². The number of hydrogen-bond acceptors (Lipinski definition) is 5. The highest BCUT2D eigenvalue weighted by molar-refractivity contribution is 6.32. The van der Waals surface area contributed by atoms with E-state index in [9.17, 15) is 9.59 Å². The predicted molar refractivity (Wildman–Crippen MR) is 99.9 cm³/mol. The molecule has 3 rings (SSSR count). The van der Waals surface area contributed by atoms with Gasteiger partial charge in [-0.25, -0.2) is 4.79 Å². The van der Waals surface area contributed by atoms with E-state index in [1.165, 1.54) is 0 Å². The zero-order valence-electron chi connectivity index (χ0n) is 15.7. The third-order valence-corrected chi connectivity index (χ3v) is 4.70. The van der Waals surface area contributed by atoms with Gasteiger partial charge in [-0.1, -0.05) is 30.3 Å². The van der Waals surface area contributed by atoms with Crippen LogP contribution in [0.25, 0.3) is 0 Å². The molecule has 0 N–H and O–H groups in total. The highest BCUT2D eigenvalue weighted by Crippen LogP contribution is 2.41. The molecule has 0 aromatic heterocycles. The fraction of sp³-hybridized carbons (Fsp3) is 0.333. The molecule has 1 aliphatic heterocycles. The Labute approximate surface area is 158 Å². The third kappa shape index (κ3) is 3.60. The van der Waals surface area contributed by atoms with E-state index in [4.69, 9.17) is 14.2 Å². The smallest absolute Gasteiger partial charge is 0.397 e. The molecule has 6 heteroatoms. The van der Waals surface area contributed by atoms with Gasteiger partial charge >= 0.3 is 11.9 Å². The summed E-state index contributed by atoms with van der Waals surface area (Å²) in [7, 11) is 3.17. The Hall–Kier alpha value is -3.02. The second-order valence-corrected chi connectivity index (χ2v) is 6.19. The summed E-state index contributed by atoms with van der Waals surface area (Å²) in [5.74, 6) is -0.232. The van der Waals surface area contributed by atoms with Crippen molar-refractivity contribution < 1.29 is 23.8 Å². The molecule has 0 saturated carbocycles. The van der Waals surface area contributed by atoms with E-state index in [2.05, 4.69) is 0 Å².